The van der Waals surface area contributed by atoms with Crippen molar-refractivity contribution in [3.8, 4) is 40.6 Å². The van der Waals surface area contributed by atoms with Crippen LogP contribution in [0.25, 0.3) is 28.0 Å². The molecule has 37 heavy (non-hydrogen) atoms. The van der Waals surface area contributed by atoms with Gasteiger partial charge in [-0.05, 0) is 42.5 Å². The molecule has 1 unspecified atom stereocenters. The molecular weight excluding hydrogens is 472 g/mol. The molecule has 1 heterocycles. The van der Waals surface area contributed by atoms with Crippen molar-refractivity contribution in [2.45, 2.75) is 30.0 Å². The number of allylic oxidation sites excluding steroid dienone is 1. The van der Waals surface area contributed by atoms with Crippen molar-refractivity contribution in [2.24, 2.45) is 0 Å². The molecule has 0 saturated heterocycles. The van der Waals surface area contributed by atoms with Gasteiger partial charge in [-0.2, -0.15) is 15.8 Å². The first-order valence-corrected chi connectivity index (χ1v) is 12.9. The Hall–Kier alpha value is -4.63. The normalized spacial score (nSPS) is 14.1. The van der Waals surface area contributed by atoms with Crippen LogP contribution in [0, 0.1) is 40.9 Å². The second kappa shape index (κ2) is 10.5. The zero-order chi connectivity index (χ0) is 25.8. The van der Waals surface area contributed by atoms with Crippen molar-refractivity contribution in [1.29, 1.82) is 15.8 Å². The molecule has 176 valence electrons. The lowest BCUT2D eigenvalue weighted by atomic mass is 9.85. The molecule has 0 amide bonds. The molecule has 0 radical (unpaired) electrons. The van der Waals surface area contributed by atoms with Crippen molar-refractivity contribution in [3.63, 3.8) is 0 Å². The topological polar surface area (TPSA) is 84.3 Å². The van der Waals surface area contributed by atoms with Gasteiger partial charge in [-0.3, -0.25) is 0 Å². The standard InChI is InChI=1S/C32H22N4S/c1-21-11-13-24(14-12-21)29-17-27(22-7-3-2-4-8-22)28(20-35)32(36-29)37-30-16-15-23-9-5-6-10-26(23)31(30)25(18-33)19-34/h2-14,17,30H,15-16H2,1H3. The third-order valence-corrected chi connectivity index (χ3v) is 7.86. The number of nitriles is 3. The molecular formula is C32H22N4S. The Kier molecular flexibility index (Phi) is 6.87. The highest BCUT2D eigenvalue weighted by Gasteiger charge is 2.30. The number of hydrogen-bond donors (Lipinski definition) is 0. The molecule has 4 aromatic rings. The minimum atomic E-state index is -0.180. The van der Waals surface area contributed by atoms with Crippen LogP contribution in [0.5, 0.6) is 0 Å². The van der Waals surface area contributed by atoms with Gasteiger partial charge in [-0.25, -0.2) is 4.98 Å². The summed E-state index contributed by atoms with van der Waals surface area (Å²) < 4.78 is 0. The predicted octanol–water partition coefficient (Wildman–Crippen LogP) is 7.50. The second-order valence-corrected chi connectivity index (χ2v) is 10.1. The number of rotatable bonds is 4. The molecule has 1 aliphatic rings. The van der Waals surface area contributed by atoms with Crippen molar-refractivity contribution in [2.75, 3.05) is 0 Å². The number of aryl methyl sites for hydroxylation is 2. The molecule has 0 saturated carbocycles. The summed E-state index contributed by atoms with van der Waals surface area (Å²) in [5, 5.41) is 30.3. The maximum absolute atomic E-state index is 10.3. The van der Waals surface area contributed by atoms with Gasteiger partial charge in [-0.15, -0.1) is 0 Å². The summed E-state index contributed by atoms with van der Waals surface area (Å²) in [6, 6.07) is 34.6. The zero-order valence-electron chi connectivity index (χ0n) is 20.3. The Bertz CT molecular complexity index is 1620. The molecule has 0 bridgehead atoms. The average molecular weight is 495 g/mol. The lowest BCUT2D eigenvalue weighted by Gasteiger charge is -2.28. The number of thioether (sulfide) groups is 1. The number of hydrogen-bond acceptors (Lipinski definition) is 5. The van der Waals surface area contributed by atoms with E-state index in [0.29, 0.717) is 10.6 Å². The van der Waals surface area contributed by atoms with Crippen molar-refractivity contribution in [1.82, 2.24) is 4.98 Å². The van der Waals surface area contributed by atoms with E-state index in [2.05, 4.69) is 30.3 Å². The van der Waals surface area contributed by atoms with Crippen molar-refractivity contribution >= 4 is 17.3 Å². The van der Waals surface area contributed by atoms with Gasteiger partial charge in [0.15, 0.2) is 0 Å². The number of nitrogens with zero attached hydrogens (tertiary/aromatic N) is 4. The molecule has 4 nitrogen and oxygen atoms in total. The quantitative estimate of drug-likeness (QED) is 0.274. The van der Waals surface area contributed by atoms with E-state index in [1.165, 1.54) is 11.8 Å². The third kappa shape index (κ3) is 4.76. The van der Waals surface area contributed by atoms with Gasteiger partial charge >= 0.3 is 0 Å². The van der Waals surface area contributed by atoms with Crippen LogP contribution in [0.1, 0.15) is 28.7 Å². The van der Waals surface area contributed by atoms with Gasteiger partial charge in [0.05, 0.1) is 11.3 Å². The van der Waals surface area contributed by atoms with Gasteiger partial charge in [0.2, 0.25) is 0 Å². The molecule has 1 aromatic heterocycles. The summed E-state index contributed by atoms with van der Waals surface area (Å²) in [5.74, 6) is 0. The van der Waals surface area contributed by atoms with Gasteiger partial charge in [0, 0.05) is 21.9 Å². The van der Waals surface area contributed by atoms with Gasteiger partial charge < -0.3 is 0 Å². The van der Waals surface area contributed by atoms with Crippen molar-refractivity contribution < 1.29 is 0 Å². The largest absolute Gasteiger partial charge is 0.240 e. The first-order chi connectivity index (χ1) is 18.1. The fourth-order valence-corrected chi connectivity index (χ4v) is 6.02. The molecule has 0 N–H and O–H groups in total. The highest BCUT2D eigenvalue weighted by atomic mass is 32.2. The van der Waals surface area contributed by atoms with E-state index in [1.54, 1.807) is 0 Å². The summed E-state index contributed by atoms with van der Waals surface area (Å²) in [7, 11) is 0. The molecule has 3 aromatic carbocycles. The van der Waals surface area contributed by atoms with E-state index in [-0.39, 0.29) is 10.8 Å². The average Bonchev–Trinajstić information content (AvgIpc) is 2.95. The van der Waals surface area contributed by atoms with Gasteiger partial charge in [0.25, 0.3) is 0 Å². The summed E-state index contributed by atoms with van der Waals surface area (Å²) in [6.07, 6.45) is 1.57. The second-order valence-electron chi connectivity index (χ2n) is 8.89. The van der Waals surface area contributed by atoms with E-state index in [0.717, 1.165) is 57.5 Å². The smallest absolute Gasteiger partial charge is 0.134 e. The Balaban J connectivity index is 1.69. The summed E-state index contributed by atoms with van der Waals surface area (Å²) >= 11 is 1.47. The summed E-state index contributed by atoms with van der Waals surface area (Å²) in [5.41, 5.74) is 8.06. The number of fused-ring (bicyclic) bond motifs is 1. The SMILES string of the molecule is Cc1ccc(-c2cc(-c3ccccc3)c(C#N)c(SC3CCc4ccccc4C3=C(C#N)C#N)n2)cc1. The first-order valence-electron chi connectivity index (χ1n) is 12.0. The Morgan fingerprint density at radius 3 is 2.24 bits per heavy atom. The molecule has 5 rings (SSSR count). The third-order valence-electron chi connectivity index (χ3n) is 6.58. The fourth-order valence-electron chi connectivity index (χ4n) is 4.73. The Labute approximate surface area is 221 Å². The van der Waals surface area contributed by atoms with Crippen molar-refractivity contribution in [3.05, 3.63) is 113 Å². The van der Waals surface area contributed by atoms with Crippen LogP contribution in [-0.4, -0.2) is 10.2 Å². The van der Waals surface area contributed by atoms with E-state index in [1.807, 2.05) is 79.7 Å². The number of benzene rings is 3. The summed E-state index contributed by atoms with van der Waals surface area (Å²) in [4.78, 5) is 4.98. The summed E-state index contributed by atoms with van der Waals surface area (Å²) in [6.45, 7) is 2.05. The van der Waals surface area contributed by atoms with Crippen LogP contribution in [0.2, 0.25) is 0 Å². The van der Waals surface area contributed by atoms with E-state index >= 15 is 0 Å². The predicted molar refractivity (Wildman–Crippen MR) is 147 cm³/mol. The maximum Gasteiger partial charge on any atom is 0.134 e. The monoisotopic (exact) mass is 494 g/mol. The lowest BCUT2D eigenvalue weighted by molar-refractivity contribution is 0.831. The molecule has 1 aliphatic carbocycles. The minimum Gasteiger partial charge on any atom is -0.240 e. The lowest BCUT2D eigenvalue weighted by Crippen LogP contribution is -2.17. The Morgan fingerprint density at radius 1 is 0.838 bits per heavy atom. The number of aromatic nitrogens is 1. The molecule has 0 aliphatic heterocycles. The van der Waals surface area contributed by atoms with Gasteiger partial charge in [0.1, 0.15) is 28.8 Å². The highest BCUT2D eigenvalue weighted by molar-refractivity contribution is 8.00. The van der Waals surface area contributed by atoms with Crippen LogP contribution in [-0.2, 0) is 6.42 Å². The molecule has 5 heteroatoms. The number of pyridine rings is 1. The zero-order valence-corrected chi connectivity index (χ0v) is 21.1. The van der Waals surface area contributed by atoms with E-state index in [9.17, 15) is 15.8 Å². The van der Waals surface area contributed by atoms with E-state index < -0.39 is 0 Å². The molecule has 1 atom stereocenters. The maximum atomic E-state index is 10.3. The fraction of sp³-hybridized carbons (Fsp3) is 0.125. The van der Waals surface area contributed by atoms with Crippen LogP contribution < -0.4 is 0 Å². The Morgan fingerprint density at radius 2 is 1.54 bits per heavy atom. The van der Waals surface area contributed by atoms with E-state index in [4.69, 9.17) is 4.98 Å². The molecule has 0 spiro atoms. The van der Waals surface area contributed by atoms with Crippen LogP contribution in [0.15, 0.2) is 95.5 Å². The van der Waals surface area contributed by atoms with Crippen LogP contribution in [0.3, 0.4) is 0 Å². The molecule has 0 fully saturated rings. The minimum absolute atomic E-state index is 0.112. The first kappa shape index (κ1) is 24.1. The van der Waals surface area contributed by atoms with Gasteiger partial charge in [-0.1, -0.05) is 96.2 Å². The van der Waals surface area contributed by atoms with Crippen LogP contribution in [0.4, 0.5) is 0 Å². The highest BCUT2D eigenvalue weighted by Crippen LogP contribution is 2.44. The van der Waals surface area contributed by atoms with Crippen LogP contribution >= 0.6 is 11.8 Å².